The van der Waals surface area contributed by atoms with Crippen LogP contribution in [0.4, 0.5) is 4.39 Å². The third-order valence-corrected chi connectivity index (χ3v) is 4.53. The van der Waals surface area contributed by atoms with E-state index in [0.29, 0.717) is 34.9 Å². The van der Waals surface area contributed by atoms with Gasteiger partial charge in [-0.05, 0) is 24.1 Å². The lowest BCUT2D eigenvalue weighted by atomic mass is 10.2. The van der Waals surface area contributed by atoms with E-state index < -0.39 is 0 Å². The zero-order chi connectivity index (χ0) is 15.5. The molecule has 2 heterocycles. The lowest BCUT2D eigenvalue weighted by Crippen LogP contribution is -2.23. The van der Waals surface area contributed by atoms with Crippen LogP contribution in [0.25, 0.3) is 0 Å². The van der Waals surface area contributed by atoms with E-state index in [4.69, 9.17) is 16.0 Å². The zero-order valence-electron chi connectivity index (χ0n) is 11.6. The molecule has 1 aromatic carbocycles. The molecule has 0 N–H and O–H groups in total. The fourth-order valence-electron chi connectivity index (χ4n) is 2.17. The highest BCUT2D eigenvalue weighted by atomic mass is 35.5. The molecule has 22 heavy (non-hydrogen) atoms. The van der Waals surface area contributed by atoms with E-state index in [2.05, 4.69) is 10.2 Å². The molecule has 1 aromatic heterocycles. The average molecular weight is 342 g/mol. The topological polar surface area (TPSA) is 59.2 Å². The van der Waals surface area contributed by atoms with Gasteiger partial charge in [-0.1, -0.05) is 29.4 Å². The van der Waals surface area contributed by atoms with Crippen molar-refractivity contribution in [1.29, 1.82) is 0 Å². The number of rotatable bonds is 5. The summed E-state index contributed by atoms with van der Waals surface area (Å²) in [6.07, 6.45) is 1.45. The fourth-order valence-corrected chi connectivity index (χ4v) is 3.27. The maximum Gasteiger partial charge on any atom is 0.276 e. The molecule has 0 aliphatic carbocycles. The number of hydrogen-bond acceptors (Lipinski definition) is 5. The number of aromatic nitrogens is 2. The minimum Gasteiger partial charge on any atom is -0.414 e. The monoisotopic (exact) mass is 341 g/mol. The van der Waals surface area contributed by atoms with Crippen molar-refractivity contribution in [3.8, 4) is 0 Å². The molecule has 1 fully saturated rings. The first-order valence-corrected chi connectivity index (χ1v) is 8.15. The lowest BCUT2D eigenvalue weighted by Gasteiger charge is -2.11. The van der Waals surface area contributed by atoms with Gasteiger partial charge in [0, 0.05) is 23.7 Å². The summed E-state index contributed by atoms with van der Waals surface area (Å²) >= 11 is 7.29. The molecule has 1 amide bonds. The summed E-state index contributed by atoms with van der Waals surface area (Å²) in [5.74, 6) is 0.672. The molecule has 2 aromatic rings. The van der Waals surface area contributed by atoms with Crippen LogP contribution >= 0.6 is 23.4 Å². The van der Waals surface area contributed by atoms with Crippen molar-refractivity contribution in [1.82, 2.24) is 15.1 Å². The Morgan fingerprint density at radius 3 is 3.00 bits per heavy atom. The Morgan fingerprint density at radius 1 is 1.41 bits per heavy atom. The largest absolute Gasteiger partial charge is 0.414 e. The van der Waals surface area contributed by atoms with Gasteiger partial charge in [0.1, 0.15) is 5.82 Å². The van der Waals surface area contributed by atoms with Crippen molar-refractivity contribution in [3.05, 3.63) is 40.5 Å². The second kappa shape index (κ2) is 6.66. The molecule has 8 heteroatoms. The lowest BCUT2D eigenvalue weighted by molar-refractivity contribution is -0.128. The van der Waals surface area contributed by atoms with E-state index >= 15 is 0 Å². The Balaban J connectivity index is 1.58. The quantitative estimate of drug-likeness (QED) is 0.781. The highest BCUT2D eigenvalue weighted by molar-refractivity contribution is 7.98. The minimum atomic E-state index is -0.367. The van der Waals surface area contributed by atoms with Crippen molar-refractivity contribution in [2.75, 3.05) is 6.54 Å². The number of carbonyl (C=O) groups excluding carboxylic acids is 1. The van der Waals surface area contributed by atoms with E-state index in [1.54, 1.807) is 11.0 Å². The molecular formula is C14H13ClFN3O2S. The number of hydrogen-bond donors (Lipinski definition) is 0. The van der Waals surface area contributed by atoms with Crippen molar-refractivity contribution in [2.24, 2.45) is 0 Å². The zero-order valence-corrected chi connectivity index (χ0v) is 13.2. The minimum absolute atomic E-state index is 0.116. The summed E-state index contributed by atoms with van der Waals surface area (Å²) in [5, 5.41) is 8.65. The fraction of sp³-hybridized carbons (Fsp3) is 0.357. The summed E-state index contributed by atoms with van der Waals surface area (Å²) in [6.45, 7) is 1.08. The third-order valence-electron chi connectivity index (χ3n) is 3.31. The molecule has 0 saturated carbocycles. The molecule has 0 unspecified atom stereocenters. The SMILES string of the molecule is O=C1CCCN1Cc1nnc(SCc2ccc(F)cc2Cl)o1. The van der Waals surface area contributed by atoms with Crippen LogP contribution in [0.3, 0.4) is 0 Å². The van der Waals surface area contributed by atoms with Gasteiger partial charge >= 0.3 is 0 Å². The van der Waals surface area contributed by atoms with Gasteiger partial charge in [-0.2, -0.15) is 0 Å². The standard InChI is InChI=1S/C14H13ClFN3O2S/c15-11-6-10(16)4-3-9(11)8-22-14-18-17-12(21-14)7-19-5-1-2-13(19)20/h3-4,6H,1-2,5,7-8H2. The molecule has 0 radical (unpaired) electrons. The van der Waals surface area contributed by atoms with Gasteiger partial charge in [0.2, 0.25) is 11.8 Å². The number of likely N-dealkylation sites (tertiary alicyclic amines) is 1. The second-order valence-corrected chi connectivity index (χ2v) is 6.24. The number of halogens is 2. The highest BCUT2D eigenvalue weighted by Gasteiger charge is 2.22. The van der Waals surface area contributed by atoms with Gasteiger partial charge in [0.05, 0.1) is 6.54 Å². The number of carbonyl (C=O) groups is 1. The number of thioether (sulfide) groups is 1. The van der Waals surface area contributed by atoms with Gasteiger partial charge < -0.3 is 9.32 Å². The van der Waals surface area contributed by atoms with E-state index in [1.807, 2.05) is 0 Å². The van der Waals surface area contributed by atoms with Crippen LogP contribution in [0.1, 0.15) is 24.3 Å². The predicted molar refractivity (Wildman–Crippen MR) is 79.9 cm³/mol. The second-order valence-electron chi connectivity index (χ2n) is 4.90. The first-order chi connectivity index (χ1) is 10.6. The molecule has 3 rings (SSSR count). The van der Waals surface area contributed by atoms with E-state index in [-0.39, 0.29) is 11.7 Å². The molecule has 1 aliphatic heterocycles. The van der Waals surface area contributed by atoms with Crippen LogP contribution in [-0.4, -0.2) is 27.5 Å². The molecule has 1 aliphatic rings. The summed E-state index contributed by atoms with van der Waals surface area (Å²) in [6, 6.07) is 4.26. The molecule has 5 nitrogen and oxygen atoms in total. The molecule has 0 atom stereocenters. The van der Waals surface area contributed by atoms with Gasteiger partial charge in [0.25, 0.3) is 5.22 Å². The van der Waals surface area contributed by atoms with E-state index in [1.165, 1.54) is 23.9 Å². The molecule has 0 spiro atoms. The maximum atomic E-state index is 13.0. The average Bonchev–Trinajstić information content (AvgIpc) is 3.08. The number of nitrogens with zero attached hydrogens (tertiary/aromatic N) is 3. The maximum absolute atomic E-state index is 13.0. The van der Waals surface area contributed by atoms with Crippen molar-refractivity contribution in [3.63, 3.8) is 0 Å². The summed E-state index contributed by atoms with van der Waals surface area (Å²) < 4.78 is 18.5. The number of amides is 1. The van der Waals surface area contributed by atoms with Crippen LogP contribution in [0.5, 0.6) is 0 Å². The highest BCUT2D eigenvalue weighted by Crippen LogP contribution is 2.26. The Morgan fingerprint density at radius 2 is 2.27 bits per heavy atom. The molecular weight excluding hydrogens is 329 g/mol. The molecule has 116 valence electrons. The Labute approximate surface area is 135 Å². The van der Waals surface area contributed by atoms with E-state index in [0.717, 1.165) is 18.5 Å². The molecule has 0 bridgehead atoms. The van der Waals surface area contributed by atoms with Gasteiger partial charge in [-0.25, -0.2) is 4.39 Å². The smallest absolute Gasteiger partial charge is 0.276 e. The first kappa shape index (κ1) is 15.3. The molecule has 1 saturated heterocycles. The predicted octanol–water partition coefficient (Wildman–Crippen LogP) is 3.28. The Hall–Kier alpha value is -1.60. The van der Waals surface area contributed by atoms with Crippen LogP contribution in [0, 0.1) is 5.82 Å². The summed E-state index contributed by atoms with van der Waals surface area (Å²) in [4.78, 5) is 13.3. The van der Waals surface area contributed by atoms with Crippen LogP contribution in [0.15, 0.2) is 27.8 Å². The van der Waals surface area contributed by atoms with Gasteiger partial charge in [-0.15, -0.1) is 10.2 Å². The van der Waals surface area contributed by atoms with Crippen molar-refractivity contribution in [2.45, 2.75) is 30.4 Å². The van der Waals surface area contributed by atoms with Crippen LogP contribution < -0.4 is 0 Å². The van der Waals surface area contributed by atoms with Crippen molar-refractivity contribution < 1.29 is 13.6 Å². The van der Waals surface area contributed by atoms with Gasteiger partial charge in [-0.3, -0.25) is 4.79 Å². The van der Waals surface area contributed by atoms with E-state index in [9.17, 15) is 9.18 Å². The van der Waals surface area contributed by atoms with Crippen molar-refractivity contribution >= 4 is 29.3 Å². The number of benzene rings is 1. The first-order valence-electron chi connectivity index (χ1n) is 6.79. The third kappa shape index (κ3) is 3.59. The Kier molecular flexibility index (Phi) is 4.63. The summed E-state index contributed by atoms with van der Waals surface area (Å²) in [5.41, 5.74) is 0.794. The normalized spacial score (nSPS) is 14.8. The van der Waals surface area contributed by atoms with Crippen LogP contribution in [0.2, 0.25) is 5.02 Å². The Bertz CT molecular complexity index is 694. The van der Waals surface area contributed by atoms with Crippen LogP contribution in [-0.2, 0) is 17.1 Å². The summed E-state index contributed by atoms with van der Waals surface area (Å²) in [7, 11) is 0. The van der Waals surface area contributed by atoms with Gasteiger partial charge in [0.15, 0.2) is 0 Å².